The van der Waals surface area contributed by atoms with Gasteiger partial charge in [-0.3, -0.25) is 0 Å². The van der Waals surface area contributed by atoms with E-state index in [0.29, 0.717) is 10.5 Å². The highest BCUT2D eigenvalue weighted by molar-refractivity contribution is 6.69. The van der Waals surface area contributed by atoms with E-state index >= 15 is 0 Å². The van der Waals surface area contributed by atoms with Gasteiger partial charge in [0.1, 0.15) is 10.5 Å². The van der Waals surface area contributed by atoms with E-state index in [2.05, 4.69) is 19.6 Å². The Balaban J connectivity index is 0. The lowest BCUT2D eigenvalue weighted by Crippen LogP contribution is -2.22. The van der Waals surface area contributed by atoms with E-state index in [1.807, 2.05) is 0 Å². The van der Waals surface area contributed by atoms with Crippen LogP contribution in [0.5, 0.6) is 0 Å². The molecule has 52 valence electrons. The van der Waals surface area contributed by atoms with Crippen LogP contribution in [0.3, 0.4) is 0 Å². The summed E-state index contributed by atoms with van der Waals surface area (Å²) in [7, 11) is 0.944. The monoisotopic (exact) mass is 152 g/mol. The van der Waals surface area contributed by atoms with Crippen LogP contribution in [0.4, 0.5) is 0 Å². The number of rotatable bonds is 1. The average molecular weight is 152 g/mol. The largest absolute Gasteiger partial charge is 0.442 e. The summed E-state index contributed by atoms with van der Waals surface area (Å²) in [6, 6.07) is 0. The second kappa shape index (κ2) is 5.49. The van der Waals surface area contributed by atoms with Gasteiger partial charge in [0.15, 0.2) is 8.32 Å². The van der Waals surface area contributed by atoms with Crippen molar-refractivity contribution < 1.29 is 9.22 Å². The Bertz CT molecular complexity index is 41.8. The Labute approximate surface area is 55.5 Å². The molecule has 0 aliphatic rings. The first kappa shape index (κ1) is 11.2. The van der Waals surface area contributed by atoms with Gasteiger partial charge in [0, 0.05) is 7.11 Å². The van der Waals surface area contributed by atoms with E-state index in [9.17, 15) is 0 Å². The number of hydrogen-bond acceptors (Lipinski definition) is 2. The third-order valence-electron chi connectivity index (χ3n) is 0.612. The maximum atomic E-state index is 7.14. The highest BCUT2D eigenvalue weighted by atomic mass is 28.4. The first-order valence-electron chi connectivity index (χ1n) is 2.56. The summed E-state index contributed by atoms with van der Waals surface area (Å²) >= 11 is 0. The molecule has 0 aromatic rings. The Morgan fingerprint density at radius 3 is 1.38 bits per heavy atom. The van der Waals surface area contributed by atoms with Crippen LogP contribution >= 0.6 is 0 Å². The van der Waals surface area contributed by atoms with Crippen LogP contribution in [-0.4, -0.2) is 30.7 Å². The Kier molecular flexibility index (Phi) is 7.68. The summed E-state index contributed by atoms with van der Waals surface area (Å²) in [4.78, 5) is 7.14. The zero-order valence-electron chi connectivity index (χ0n) is 6.36. The third-order valence-corrected chi connectivity index (χ3v) is 1.84. The quantitative estimate of drug-likeness (QED) is 0.524. The zero-order valence-corrected chi connectivity index (χ0v) is 9.36. The van der Waals surface area contributed by atoms with Gasteiger partial charge in [0.25, 0.3) is 0 Å². The fourth-order valence-electron chi connectivity index (χ4n) is 0. The molecule has 0 atom stereocenters. The Hall–Kier alpha value is 0.354. The van der Waals surface area contributed by atoms with E-state index in [1.54, 1.807) is 7.11 Å². The molecule has 0 saturated heterocycles. The lowest BCUT2D eigenvalue weighted by molar-refractivity contribution is 0.411. The molecule has 4 heteroatoms. The molecule has 0 aromatic carbocycles. The third kappa shape index (κ3) is 16.2. The summed E-state index contributed by atoms with van der Waals surface area (Å²) < 4.78 is 5.08. The molecule has 0 amide bonds. The van der Waals surface area contributed by atoms with Crippen molar-refractivity contribution in [1.82, 2.24) is 0 Å². The molecule has 0 rings (SSSR count). The van der Waals surface area contributed by atoms with Crippen molar-refractivity contribution in [2.24, 2.45) is 0 Å². The van der Waals surface area contributed by atoms with Crippen LogP contribution in [-0.2, 0) is 4.43 Å². The first-order chi connectivity index (χ1) is 3.56. The number of hydrogen-bond donors (Lipinski definition) is 1. The molecule has 0 spiro atoms. The molecule has 2 nitrogen and oxygen atoms in total. The maximum Gasteiger partial charge on any atom is 0.183 e. The standard InChI is InChI=1S/C4H12OSi.H4OSi/c1-5-6(2,3)4;1-2/h1-4H3;1H,2H3. The lowest BCUT2D eigenvalue weighted by atomic mass is 11.8. The van der Waals surface area contributed by atoms with Crippen LogP contribution in [0.2, 0.25) is 19.6 Å². The Morgan fingerprint density at radius 1 is 1.25 bits per heavy atom. The van der Waals surface area contributed by atoms with E-state index in [-0.39, 0.29) is 0 Å². The first-order valence-corrected chi connectivity index (χ1v) is 6.86. The highest BCUT2D eigenvalue weighted by Crippen LogP contribution is 1.97. The van der Waals surface area contributed by atoms with Crippen molar-refractivity contribution in [3.8, 4) is 0 Å². The normalized spacial score (nSPS) is 10.1. The van der Waals surface area contributed by atoms with Gasteiger partial charge >= 0.3 is 0 Å². The highest BCUT2D eigenvalue weighted by Gasteiger charge is 2.09. The molecule has 0 radical (unpaired) electrons. The minimum absolute atomic E-state index is 0.306. The van der Waals surface area contributed by atoms with Gasteiger partial charge in [-0.2, -0.15) is 0 Å². The van der Waals surface area contributed by atoms with Crippen molar-refractivity contribution in [2.75, 3.05) is 7.11 Å². The summed E-state index contributed by atoms with van der Waals surface area (Å²) in [5.41, 5.74) is 0. The fraction of sp³-hybridized carbons (Fsp3) is 1.00. The minimum Gasteiger partial charge on any atom is -0.442 e. The van der Waals surface area contributed by atoms with Crippen LogP contribution in [0.15, 0.2) is 0 Å². The second-order valence-corrected chi connectivity index (χ2v) is 6.95. The van der Waals surface area contributed by atoms with Gasteiger partial charge in [-0.1, -0.05) is 0 Å². The summed E-state index contributed by atoms with van der Waals surface area (Å²) in [6.07, 6.45) is 0. The smallest absolute Gasteiger partial charge is 0.183 e. The molecule has 0 bridgehead atoms. The summed E-state index contributed by atoms with van der Waals surface area (Å²) in [6.45, 7) is 6.48. The van der Waals surface area contributed by atoms with Gasteiger partial charge in [-0.05, 0) is 19.6 Å². The minimum atomic E-state index is -1.13. The second-order valence-electron chi connectivity index (χ2n) is 2.32. The summed E-state index contributed by atoms with van der Waals surface area (Å²) in [5.74, 6) is 0. The van der Waals surface area contributed by atoms with E-state index < -0.39 is 8.32 Å². The SMILES string of the molecule is CO[Si](C)(C)C.O[SiH3]. The van der Waals surface area contributed by atoms with Crippen LogP contribution < -0.4 is 0 Å². The molecule has 0 saturated carbocycles. The molecule has 0 aromatic heterocycles. The van der Waals surface area contributed by atoms with Crippen LogP contribution in [0.25, 0.3) is 0 Å². The van der Waals surface area contributed by atoms with Gasteiger partial charge in [-0.15, -0.1) is 0 Å². The van der Waals surface area contributed by atoms with Gasteiger partial charge in [0.2, 0.25) is 0 Å². The van der Waals surface area contributed by atoms with Crippen molar-refractivity contribution in [1.29, 1.82) is 0 Å². The van der Waals surface area contributed by atoms with Crippen LogP contribution in [0, 0.1) is 0 Å². The van der Waals surface area contributed by atoms with E-state index in [4.69, 9.17) is 9.22 Å². The van der Waals surface area contributed by atoms with Crippen molar-refractivity contribution >= 4 is 18.8 Å². The molecular weight excluding hydrogens is 136 g/mol. The zero-order chi connectivity index (χ0) is 7.21. The summed E-state index contributed by atoms with van der Waals surface area (Å²) in [5, 5.41) is 0. The van der Waals surface area contributed by atoms with E-state index in [1.165, 1.54) is 0 Å². The molecule has 1 N–H and O–H groups in total. The maximum absolute atomic E-state index is 7.14. The lowest BCUT2D eigenvalue weighted by Gasteiger charge is -2.10. The topological polar surface area (TPSA) is 29.5 Å². The molecule has 0 fully saturated rings. The molecule has 8 heavy (non-hydrogen) atoms. The predicted octanol–water partition coefficient (Wildman–Crippen LogP) is -0.273. The van der Waals surface area contributed by atoms with Gasteiger partial charge < -0.3 is 9.22 Å². The molecule has 0 aliphatic carbocycles. The fourth-order valence-corrected chi connectivity index (χ4v) is 0. The Morgan fingerprint density at radius 2 is 1.38 bits per heavy atom. The molecular formula is C4H16O2Si2. The average Bonchev–Trinajstić information content (AvgIpc) is 1.71. The van der Waals surface area contributed by atoms with Crippen molar-refractivity contribution in [3.05, 3.63) is 0 Å². The predicted molar refractivity (Wildman–Crippen MR) is 42.5 cm³/mol. The van der Waals surface area contributed by atoms with Crippen molar-refractivity contribution in [3.63, 3.8) is 0 Å². The van der Waals surface area contributed by atoms with E-state index in [0.717, 1.165) is 0 Å². The van der Waals surface area contributed by atoms with Crippen molar-refractivity contribution in [2.45, 2.75) is 19.6 Å². The van der Waals surface area contributed by atoms with Gasteiger partial charge in [-0.25, -0.2) is 0 Å². The molecule has 0 unspecified atom stereocenters. The molecule has 0 aliphatic heterocycles. The molecule has 0 heterocycles. The van der Waals surface area contributed by atoms with Crippen LogP contribution in [0.1, 0.15) is 0 Å². The van der Waals surface area contributed by atoms with Gasteiger partial charge in [0.05, 0.1) is 0 Å².